The molecular weight excluding hydrogens is 312 g/mol. The largest absolute Gasteiger partial charge is 0.251 e. The second-order valence-electron chi connectivity index (χ2n) is 4.25. The summed E-state index contributed by atoms with van der Waals surface area (Å²) in [6.45, 7) is 1.36. The standard InChI is InChI=1S/C12H16Cl2FNO2S/c1-9(8-16-19(17,18)7-3-6-15)12-10(13)4-2-5-11(12)14/h2,4-5,9,16H,3,6-8H2,1H3. The van der Waals surface area contributed by atoms with Crippen molar-refractivity contribution in [2.45, 2.75) is 19.3 Å². The first-order valence-electron chi connectivity index (χ1n) is 5.84. The summed E-state index contributed by atoms with van der Waals surface area (Å²) in [5.74, 6) is -0.381. The third-order valence-corrected chi connectivity index (χ3v) is 4.74. The van der Waals surface area contributed by atoms with Crippen molar-refractivity contribution >= 4 is 33.2 Å². The second-order valence-corrected chi connectivity index (χ2v) is 6.99. The van der Waals surface area contributed by atoms with E-state index in [9.17, 15) is 12.8 Å². The summed E-state index contributed by atoms with van der Waals surface area (Å²) in [6, 6.07) is 5.14. The van der Waals surface area contributed by atoms with Crippen LogP contribution in [0.15, 0.2) is 18.2 Å². The summed E-state index contributed by atoms with van der Waals surface area (Å²) < 4.78 is 37.5. The molecule has 0 aliphatic carbocycles. The number of alkyl halides is 1. The minimum atomic E-state index is -3.45. The molecular formula is C12H16Cl2FNO2S. The van der Waals surface area contributed by atoms with Crippen LogP contribution in [0.4, 0.5) is 4.39 Å². The smallest absolute Gasteiger partial charge is 0.211 e. The number of hydrogen-bond donors (Lipinski definition) is 1. The summed E-state index contributed by atoms with van der Waals surface area (Å²) >= 11 is 12.1. The summed E-state index contributed by atoms with van der Waals surface area (Å²) in [4.78, 5) is 0. The van der Waals surface area contributed by atoms with E-state index in [2.05, 4.69) is 4.72 Å². The van der Waals surface area contributed by atoms with Crippen LogP contribution in [0, 0.1) is 0 Å². The molecule has 0 saturated heterocycles. The van der Waals surface area contributed by atoms with Crippen molar-refractivity contribution < 1.29 is 12.8 Å². The van der Waals surface area contributed by atoms with Crippen LogP contribution in [0.3, 0.4) is 0 Å². The van der Waals surface area contributed by atoms with E-state index in [1.807, 2.05) is 6.92 Å². The van der Waals surface area contributed by atoms with Crippen LogP contribution in [-0.2, 0) is 10.0 Å². The summed E-state index contributed by atoms with van der Waals surface area (Å²) in [5.41, 5.74) is 0.707. The van der Waals surface area contributed by atoms with E-state index in [0.717, 1.165) is 0 Å². The highest BCUT2D eigenvalue weighted by Crippen LogP contribution is 2.30. The summed E-state index contributed by atoms with van der Waals surface area (Å²) in [7, 11) is -3.45. The first-order chi connectivity index (χ1) is 8.87. The van der Waals surface area contributed by atoms with Gasteiger partial charge in [-0.15, -0.1) is 0 Å². The fourth-order valence-corrected chi connectivity index (χ4v) is 3.56. The lowest BCUT2D eigenvalue weighted by Gasteiger charge is -2.16. The van der Waals surface area contributed by atoms with Gasteiger partial charge >= 0.3 is 0 Å². The SMILES string of the molecule is CC(CNS(=O)(=O)CCCF)c1c(Cl)cccc1Cl. The predicted molar refractivity (Wildman–Crippen MR) is 77.3 cm³/mol. The Morgan fingerprint density at radius 2 is 1.89 bits per heavy atom. The molecule has 0 heterocycles. The molecule has 0 bridgehead atoms. The molecule has 0 fully saturated rings. The fraction of sp³-hybridized carbons (Fsp3) is 0.500. The van der Waals surface area contributed by atoms with Crippen LogP contribution in [0.1, 0.15) is 24.8 Å². The van der Waals surface area contributed by atoms with Gasteiger partial charge in [-0.25, -0.2) is 13.1 Å². The van der Waals surface area contributed by atoms with Crippen molar-refractivity contribution in [1.82, 2.24) is 4.72 Å². The van der Waals surface area contributed by atoms with Crippen molar-refractivity contribution in [3.63, 3.8) is 0 Å². The molecule has 1 atom stereocenters. The van der Waals surface area contributed by atoms with Gasteiger partial charge in [-0.05, 0) is 30.0 Å². The zero-order valence-corrected chi connectivity index (χ0v) is 12.8. The number of sulfonamides is 1. The van der Waals surface area contributed by atoms with Gasteiger partial charge < -0.3 is 0 Å². The zero-order valence-electron chi connectivity index (χ0n) is 10.5. The summed E-state index contributed by atoms with van der Waals surface area (Å²) in [6.07, 6.45) is -0.00341. The van der Waals surface area contributed by atoms with Crippen LogP contribution in [0.5, 0.6) is 0 Å². The molecule has 108 valence electrons. The maximum absolute atomic E-state index is 12.0. The molecule has 1 unspecified atom stereocenters. The number of rotatable bonds is 7. The lowest BCUT2D eigenvalue weighted by atomic mass is 10.0. The Balaban J connectivity index is 2.68. The Morgan fingerprint density at radius 1 is 1.32 bits per heavy atom. The second kappa shape index (κ2) is 7.43. The molecule has 3 nitrogen and oxygen atoms in total. The van der Waals surface area contributed by atoms with Gasteiger partial charge in [0.25, 0.3) is 0 Å². The third kappa shape index (κ3) is 5.26. The van der Waals surface area contributed by atoms with Crippen molar-refractivity contribution in [2.24, 2.45) is 0 Å². The average Bonchev–Trinajstić information content (AvgIpc) is 2.34. The third-order valence-electron chi connectivity index (χ3n) is 2.65. The molecule has 1 rings (SSSR count). The fourth-order valence-electron chi connectivity index (χ4n) is 1.65. The van der Waals surface area contributed by atoms with Gasteiger partial charge in [0.05, 0.1) is 12.4 Å². The first-order valence-corrected chi connectivity index (χ1v) is 8.25. The van der Waals surface area contributed by atoms with E-state index in [1.165, 1.54) is 0 Å². The molecule has 0 aliphatic rings. The van der Waals surface area contributed by atoms with Gasteiger partial charge in [0.15, 0.2) is 0 Å². The van der Waals surface area contributed by atoms with Gasteiger partial charge in [0, 0.05) is 16.6 Å². The molecule has 0 aromatic heterocycles. The van der Waals surface area contributed by atoms with Crippen LogP contribution in [-0.4, -0.2) is 27.4 Å². The average molecular weight is 328 g/mol. The molecule has 0 saturated carbocycles. The minimum Gasteiger partial charge on any atom is -0.251 e. The Hall–Kier alpha value is -0.360. The molecule has 0 spiro atoms. The van der Waals surface area contributed by atoms with Gasteiger partial charge in [0.2, 0.25) is 10.0 Å². The first kappa shape index (κ1) is 16.7. The van der Waals surface area contributed by atoms with E-state index in [1.54, 1.807) is 18.2 Å². The van der Waals surface area contributed by atoms with E-state index < -0.39 is 16.7 Å². The van der Waals surface area contributed by atoms with Crippen molar-refractivity contribution in [1.29, 1.82) is 0 Å². The van der Waals surface area contributed by atoms with E-state index >= 15 is 0 Å². The number of hydrogen-bond acceptors (Lipinski definition) is 2. The van der Waals surface area contributed by atoms with Crippen LogP contribution < -0.4 is 4.72 Å². The Morgan fingerprint density at radius 3 is 2.42 bits per heavy atom. The minimum absolute atomic E-state index is 0.00341. The molecule has 0 amide bonds. The molecule has 1 N–H and O–H groups in total. The van der Waals surface area contributed by atoms with Crippen LogP contribution >= 0.6 is 23.2 Å². The Labute approximate surface area is 123 Å². The topological polar surface area (TPSA) is 46.2 Å². The molecule has 7 heteroatoms. The highest BCUT2D eigenvalue weighted by molar-refractivity contribution is 7.89. The normalized spacial score (nSPS) is 13.5. The van der Waals surface area contributed by atoms with E-state index in [4.69, 9.17) is 23.2 Å². The maximum atomic E-state index is 12.0. The quantitative estimate of drug-likeness (QED) is 0.834. The van der Waals surface area contributed by atoms with Crippen molar-refractivity contribution in [3.8, 4) is 0 Å². The lowest BCUT2D eigenvalue weighted by molar-refractivity contribution is 0.482. The Bertz CT molecular complexity index is 502. The van der Waals surface area contributed by atoms with Crippen molar-refractivity contribution in [3.05, 3.63) is 33.8 Å². The number of nitrogens with one attached hydrogen (secondary N) is 1. The molecule has 0 radical (unpaired) electrons. The van der Waals surface area contributed by atoms with Gasteiger partial charge in [-0.1, -0.05) is 36.2 Å². The summed E-state index contributed by atoms with van der Waals surface area (Å²) in [5, 5.41) is 1.01. The lowest BCUT2D eigenvalue weighted by Crippen LogP contribution is -2.30. The molecule has 19 heavy (non-hydrogen) atoms. The van der Waals surface area contributed by atoms with Crippen molar-refractivity contribution in [2.75, 3.05) is 19.0 Å². The van der Waals surface area contributed by atoms with Gasteiger partial charge in [-0.3, -0.25) is 4.39 Å². The zero-order chi connectivity index (χ0) is 14.5. The van der Waals surface area contributed by atoms with Crippen LogP contribution in [0.2, 0.25) is 10.0 Å². The molecule has 1 aromatic carbocycles. The van der Waals surface area contributed by atoms with Crippen LogP contribution in [0.25, 0.3) is 0 Å². The Kier molecular flexibility index (Phi) is 6.53. The maximum Gasteiger partial charge on any atom is 0.211 e. The highest BCUT2D eigenvalue weighted by Gasteiger charge is 2.17. The van der Waals surface area contributed by atoms with Gasteiger partial charge in [0.1, 0.15) is 0 Å². The van der Waals surface area contributed by atoms with E-state index in [-0.39, 0.29) is 24.6 Å². The van der Waals surface area contributed by atoms with E-state index in [0.29, 0.717) is 15.6 Å². The molecule has 0 aliphatic heterocycles. The number of halogens is 3. The molecule has 1 aromatic rings. The predicted octanol–water partition coefficient (Wildman–Crippen LogP) is 3.38. The number of benzene rings is 1. The van der Waals surface area contributed by atoms with Gasteiger partial charge in [-0.2, -0.15) is 0 Å². The highest BCUT2D eigenvalue weighted by atomic mass is 35.5. The monoisotopic (exact) mass is 327 g/mol.